The highest BCUT2D eigenvalue weighted by Crippen LogP contribution is 2.29. The van der Waals surface area contributed by atoms with Gasteiger partial charge in [-0.15, -0.1) is 0 Å². The Morgan fingerprint density at radius 2 is 2.08 bits per heavy atom. The van der Waals surface area contributed by atoms with E-state index < -0.39 is 5.91 Å². The van der Waals surface area contributed by atoms with E-state index in [9.17, 15) is 4.79 Å². The molecule has 5 nitrogen and oxygen atoms in total. The van der Waals surface area contributed by atoms with Gasteiger partial charge in [0.05, 0.1) is 5.52 Å². The molecule has 1 amide bonds. The van der Waals surface area contributed by atoms with Crippen LogP contribution in [0.3, 0.4) is 0 Å². The molecule has 5 heteroatoms. The Hall–Kier alpha value is -2.87. The molecule has 1 aliphatic rings. The third-order valence-electron chi connectivity index (χ3n) is 4.40. The van der Waals surface area contributed by atoms with E-state index in [4.69, 9.17) is 16.0 Å². The van der Waals surface area contributed by atoms with E-state index >= 15 is 0 Å². The van der Waals surface area contributed by atoms with Gasteiger partial charge in [0.25, 0.3) is 5.91 Å². The van der Waals surface area contributed by atoms with Crippen LogP contribution in [0.5, 0.6) is 0 Å². The number of nitrogens with two attached hydrogens (primary N) is 1. The minimum Gasteiger partial charge on any atom is -0.365 e. The first-order valence-electron chi connectivity index (χ1n) is 8.17. The van der Waals surface area contributed by atoms with Crippen LogP contribution in [0, 0.1) is 18.3 Å². The van der Waals surface area contributed by atoms with Crippen LogP contribution < -0.4 is 10.6 Å². The second-order valence-electron chi connectivity index (χ2n) is 6.13. The third-order valence-corrected chi connectivity index (χ3v) is 4.40. The molecule has 2 N–H and O–H groups in total. The van der Waals surface area contributed by atoms with Gasteiger partial charge in [-0.1, -0.05) is 18.2 Å². The van der Waals surface area contributed by atoms with E-state index in [1.807, 2.05) is 37.3 Å². The number of fused-ring (bicyclic) bond motifs is 1. The fourth-order valence-electron chi connectivity index (χ4n) is 3.13. The van der Waals surface area contributed by atoms with Gasteiger partial charge in [-0.05, 0) is 43.9 Å². The van der Waals surface area contributed by atoms with Crippen molar-refractivity contribution in [3.8, 4) is 6.07 Å². The van der Waals surface area contributed by atoms with E-state index in [0.29, 0.717) is 0 Å². The molecule has 0 spiro atoms. The van der Waals surface area contributed by atoms with Crippen LogP contribution in [0.4, 0.5) is 5.82 Å². The predicted octanol–water partition coefficient (Wildman–Crippen LogP) is 2.93. The zero-order chi connectivity index (χ0) is 17.1. The van der Waals surface area contributed by atoms with Crippen LogP contribution in [0.25, 0.3) is 17.0 Å². The summed E-state index contributed by atoms with van der Waals surface area (Å²) in [4.78, 5) is 18.5. The summed E-state index contributed by atoms with van der Waals surface area (Å²) in [5, 5.41) is 10.2. The van der Waals surface area contributed by atoms with Crippen LogP contribution in [-0.4, -0.2) is 24.0 Å². The van der Waals surface area contributed by atoms with Crippen molar-refractivity contribution in [2.45, 2.75) is 26.2 Å². The number of primary amides is 1. The first kappa shape index (κ1) is 16.0. The number of benzene rings is 1. The summed E-state index contributed by atoms with van der Waals surface area (Å²) in [5.41, 5.74) is 8.07. The van der Waals surface area contributed by atoms with Gasteiger partial charge in [-0.3, -0.25) is 4.79 Å². The van der Waals surface area contributed by atoms with Gasteiger partial charge in [0.15, 0.2) is 0 Å². The van der Waals surface area contributed by atoms with Gasteiger partial charge >= 0.3 is 0 Å². The monoisotopic (exact) mass is 320 g/mol. The summed E-state index contributed by atoms with van der Waals surface area (Å²) in [6, 6.07) is 9.87. The molecule has 0 saturated carbocycles. The number of carbonyl (C=O) groups excluding carboxylic acids is 1. The summed E-state index contributed by atoms with van der Waals surface area (Å²) >= 11 is 0. The Bertz CT molecular complexity index is 858. The Kier molecular flexibility index (Phi) is 4.48. The van der Waals surface area contributed by atoms with Gasteiger partial charge in [0.1, 0.15) is 17.5 Å². The van der Waals surface area contributed by atoms with Crippen molar-refractivity contribution in [3.05, 3.63) is 41.0 Å². The molecule has 1 aromatic heterocycles. The Morgan fingerprint density at radius 1 is 1.33 bits per heavy atom. The Morgan fingerprint density at radius 3 is 2.75 bits per heavy atom. The van der Waals surface area contributed by atoms with E-state index in [1.54, 1.807) is 6.08 Å². The zero-order valence-corrected chi connectivity index (χ0v) is 13.7. The minimum absolute atomic E-state index is 0.0536. The SMILES string of the molecule is Cc1cccc2cc(/C=C(\C#N)C(N)=O)c(N3CCCCC3)nc12. The molecule has 2 aromatic rings. The number of anilines is 1. The lowest BCUT2D eigenvalue weighted by Gasteiger charge is -2.29. The lowest BCUT2D eigenvalue weighted by Crippen LogP contribution is -2.30. The molecule has 1 fully saturated rings. The number of aryl methyl sites for hydroxylation is 1. The highest BCUT2D eigenvalue weighted by molar-refractivity contribution is 6.02. The van der Waals surface area contributed by atoms with E-state index in [1.165, 1.54) is 6.42 Å². The molecule has 0 radical (unpaired) electrons. The maximum atomic E-state index is 11.4. The van der Waals surface area contributed by atoms with Crippen LogP contribution in [0.1, 0.15) is 30.4 Å². The Balaban J connectivity index is 2.21. The highest BCUT2D eigenvalue weighted by Gasteiger charge is 2.18. The molecule has 122 valence electrons. The standard InChI is InChI=1S/C19H20N4O/c1-13-6-5-7-14-10-15(11-16(12-20)18(21)24)19(22-17(13)14)23-8-3-2-4-9-23/h5-7,10-11H,2-4,8-9H2,1H3,(H2,21,24)/b16-11+. The van der Waals surface area contributed by atoms with Crippen molar-refractivity contribution in [1.29, 1.82) is 5.26 Å². The first-order valence-corrected chi connectivity index (χ1v) is 8.17. The van der Waals surface area contributed by atoms with Crippen LogP contribution in [0.2, 0.25) is 0 Å². The number of pyridine rings is 1. The molecular weight excluding hydrogens is 300 g/mol. The number of aromatic nitrogens is 1. The van der Waals surface area contributed by atoms with Crippen molar-refractivity contribution in [3.63, 3.8) is 0 Å². The highest BCUT2D eigenvalue weighted by atomic mass is 16.1. The molecule has 0 atom stereocenters. The molecular formula is C19H20N4O. The maximum absolute atomic E-state index is 11.4. The molecule has 1 saturated heterocycles. The van der Waals surface area contributed by atoms with Gasteiger partial charge in [-0.2, -0.15) is 5.26 Å². The molecule has 3 rings (SSSR count). The molecule has 24 heavy (non-hydrogen) atoms. The average molecular weight is 320 g/mol. The number of hydrogen-bond donors (Lipinski definition) is 1. The molecule has 0 unspecified atom stereocenters. The zero-order valence-electron chi connectivity index (χ0n) is 13.7. The molecule has 2 heterocycles. The number of nitriles is 1. The van der Waals surface area contributed by atoms with Crippen LogP contribution in [-0.2, 0) is 4.79 Å². The molecule has 1 aliphatic heterocycles. The van der Waals surface area contributed by atoms with Gasteiger partial charge < -0.3 is 10.6 Å². The van der Waals surface area contributed by atoms with Crippen molar-refractivity contribution >= 4 is 28.7 Å². The normalized spacial score (nSPS) is 15.3. The van der Waals surface area contributed by atoms with E-state index in [0.717, 1.165) is 53.8 Å². The summed E-state index contributed by atoms with van der Waals surface area (Å²) in [7, 11) is 0. The van der Waals surface area contributed by atoms with Crippen LogP contribution in [0.15, 0.2) is 29.8 Å². The maximum Gasteiger partial charge on any atom is 0.259 e. The van der Waals surface area contributed by atoms with Crippen molar-refractivity contribution in [1.82, 2.24) is 4.98 Å². The Labute approximate surface area is 141 Å². The van der Waals surface area contributed by atoms with Crippen molar-refractivity contribution in [2.75, 3.05) is 18.0 Å². The fraction of sp³-hybridized carbons (Fsp3) is 0.316. The molecule has 0 aliphatic carbocycles. The minimum atomic E-state index is -0.716. The number of hydrogen-bond acceptors (Lipinski definition) is 4. The van der Waals surface area contributed by atoms with Gasteiger partial charge in [-0.25, -0.2) is 4.98 Å². The molecule has 1 aromatic carbocycles. The van der Waals surface area contributed by atoms with Gasteiger partial charge in [0.2, 0.25) is 0 Å². The number of carbonyl (C=O) groups is 1. The van der Waals surface area contributed by atoms with Crippen LogP contribution >= 0.6 is 0 Å². The summed E-state index contributed by atoms with van der Waals surface area (Å²) in [5.74, 6) is 0.108. The predicted molar refractivity (Wildman–Crippen MR) is 95.3 cm³/mol. The lowest BCUT2D eigenvalue weighted by atomic mass is 10.0. The summed E-state index contributed by atoms with van der Waals surface area (Å²) in [6.45, 7) is 3.91. The quantitative estimate of drug-likeness (QED) is 0.696. The average Bonchev–Trinajstić information content (AvgIpc) is 2.60. The topological polar surface area (TPSA) is 83.0 Å². The van der Waals surface area contributed by atoms with E-state index in [2.05, 4.69) is 4.90 Å². The number of piperidine rings is 1. The summed E-state index contributed by atoms with van der Waals surface area (Å²) in [6.07, 6.45) is 5.02. The first-order chi connectivity index (χ1) is 11.6. The lowest BCUT2D eigenvalue weighted by molar-refractivity contribution is -0.114. The van der Waals surface area contributed by atoms with Crippen molar-refractivity contribution < 1.29 is 4.79 Å². The second kappa shape index (κ2) is 6.71. The molecule has 0 bridgehead atoms. The second-order valence-corrected chi connectivity index (χ2v) is 6.13. The number of nitrogens with zero attached hydrogens (tertiary/aromatic N) is 3. The number of para-hydroxylation sites is 1. The fourth-order valence-corrected chi connectivity index (χ4v) is 3.13. The van der Waals surface area contributed by atoms with Crippen molar-refractivity contribution in [2.24, 2.45) is 5.73 Å². The van der Waals surface area contributed by atoms with Gasteiger partial charge in [0, 0.05) is 24.0 Å². The summed E-state index contributed by atoms with van der Waals surface area (Å²) < 4.78 is 0. The number of rotatable bonds is 3. The van der Waals surface area contributed by atoms with E-state index in [-0.39, 0.29) is 5.57 Å². The number of amides is 1. The smallest absolute Gasteiger partial charge is 0.259 e. The largest absolute Gasteiger partial charge is 0.365 e. The third kappa shape index (κ3) is 3.09.